The lowest BCUT2D eigenvalue weighted by molar-refractivity contribution is 0.0545. The van der Waals surface area contributed by atoms with E-state index in [0.717, 1.165) is 37.6 Å². The van der Waals surface area contributed by atoms with Crippen LogP contribution < -0.4 is 0 Å². The predicted molar refractivity (Wildman–Crippen MR) is 101 cm³/mol. The van der Waals surface area contributed by atoms with Crippen LogP contribution in [0.1, 0.15) is 48.4 Å². The maximum atomic E-state index is 13.3. The van der Waals surface area contributed by atoms with Gasteiger partial charge in [0.1, 0.15) is 11.6 Å². The van der Waals surface area contributed by atoms with E-state index in [9.17, 15) is 13.9 Å². The minimum atomic E-state index is -0.617. The van der Waals surface area contributed by atoms with E-state index >= 15 is 0 Å². The number of piperidine rings is 1. The molecule has 1 atom stereocenters. The molecule has 0 aromatic heterocycles. The summed E-state index contributed by atoms with van der Waals surface area (Å²) in [6, 6.07) is 11.9. The molecule has 1 aliphatic carbocycles. The molecular formula is C23H23F2NO. The molecule has 0 amide bonds. The molecule has 1 heterocycles. The third kappa shape index (κ3) is 4.55. The Kier molecular flexibility index (Phi) is 5.24. The first-order valence-electron chi connectivity index (χ1n) is 9.59. The number of hydrogen-bond donors (Lipinski definition) is 1. The summed E-state index contributed by atoms with van der Waals surface area (Å²) in [7, 11) is 0. The number of aliphatic hydroxyl groups is 1. The van der Waals surface area contributed by atoms with Gasteiger partial charge in [0.15, 0.2) is 0 Å². The van der Waals surface area contributed by atoms with Gasteiger partial charge in [-0.05, 0) is 61.4 Å². The average molecular weight is 367 g/mol. The van der Waals surface area contributed by atoms with Crippen molar-refractivity contribution in [3.8, 4) is 11.8 Å². The Morgan fingerprint density at radius 3 is 2.04 bits per heavy atom. The highest BCUT2D eigenvalue weighted by Crippen LogP contribution is 2.45. The fourth-order valence-electron chi connectivity index (χ4n) is 3.89. The van der Waals surface area contributed by atoms with E-state index in [2.05, 4.69) is 28.9 Å². The summed E-state index contributed by atoms with van der Waals surface area (Å²) in [4.78, 5) is 2.50. The third-order valence-corrected chi connectivity index (χ3v) is 5.43. The van der Waals surface area contributed by atoms with Crippen LogP contribution in [0.3, 0.4) is 0 Å². The lowest BCUT2D eigenvalue weighted by Crippen LogP contribution is -2.39. The van der Waals surface area contributed by atoms with Crippen LogP contribution in [0.15, 0.2) is 42.5 Å². The summed E-state index contributed by atoms with van der Waals surface area (Å²) >= 11 is 0. The zero-order valence-corrected chi connectivity index (χ0v) is 15.2. The molecule has 4 rings (SSSR count). The highest BCUT2D eigenvalue weighted by atomic mass is 19.1. The predicted octanol–water partition coefficient (Wildman–Crippen LogP) is 4.27. The first-order valence-corrected chi connectivity index (χ1v) is 9.59. The molecule has 1 aliphatic heterocycles. The van der Waals surface area contributed by atoms with Gasteiger partial charge in [-0.15, -0.1) is 0 Å². The van der Waals surface area contributed by atoms with Crippen molar-refractivity contribution < 1.29 is 13.9 Å². The van der Waals surface area contributed by atoms with Crippen molar-refractivity contribution in [3.05, 3.63) is 70.8 Å². The second-order valence-corrected chi connectivity index (χ2v) is 7.58. The molecule has 4 heteroatoms. The van der Waals surface area contributed by atoms with Crippen molar-refractivity contribution in [3.63, 3.8) is 0 Å². The molecule has 0 radical (unpaired) electrons. The van der Waals surface area contributed by atoms with Crippen LogP contribution in [0.2, 0.25) is 0 Å². The van der Waals surface area contributed by atoms with Crippen molar-refractivity contribution >= 4 is 0 Å². The van der Waals surface area contributed by atoms with Crippen LogP contribution in [-0.2, 0) is 0 Å². The van der Waals surface area contributed by atoms with Crippen molar-refractivity contribution in [1.82, 2.24) is 4.90 Å². The topological polar surface area (TPSA) is 23.5 Å². The van der Waals surface area contributed by atoms with Crippen LogP contribution in [0.5, 0.6) is 0 Å². The zero-order chi connectivity index (χ0) is 18.8. The van der Waals surface area contributed by atoms with Gasteiger partial charge in [-0.25, -0.2) is 8.78 Å². The normalized spacial score (nSPS) is 19.4. The number of halogens is 2. The molecule has 27 heavy (non-hydrogen) atoms. The minimum Gasteiger partial charge on any atom is -0.393 e. The fraction of sp³-hybridized carbons (Fsp3) is 0.391. The van der Waals surface area contributed by atoms with E-state index in [1.54, 1.807) is 0 Å². The average Bonchev–Trinajstić information content (AvgIpc) is 3.47. The third-order valence-electron chi connectivity index (χ3n) is 5.43. The fourth-order valence-corrected chi connectivity index (χ4v) is 3.89. The van der Waals surface area contributed by atoms with Crippen LogP contribution in [0.4, 0.5) is 8.78 Å². The minimum absolute atomic E-state index is 0.161. The van der Waals surface area contributed by atoms with E-state index in [4.69, 9.17) is 0 Å². The zero-order valence-electron chi connectivity index (χ0n) is 15.2. The smallest absolute Gasteiger partial charge is 0.127 e. The largest absolute Gasteiger partial charge is 0.393 e. The first-order chi connectivity index (χ1) is 13.1. The molecule has 140 valence electrons. The summed E-state index contributed by atoms with van der Waals surface area (Å²) < 4.78 is 26.5. The Labute approximate surface area is 158 Å². The maximum absolute atomic E-state index is 13.3. The summed E-state index contributed by atoms with van der Waals surface area (Å²) in [5, 5.41) is 9.77. The van der Waals surface area contributed by atoms with Gasteiger partial charge in [0.25, 0.3) is 0 Å². The molecule has 2 nitrogen and oxygen atoms in total. The molecular weight excluding hydrogens is 344 g/mol. The van der Waals surface area contributed by atoms with Gasteiger partial charge in [0, 0.05) is 36.3 Å². The van der Waals surface area contributed by atoms with Crippen LogP contribution >= 0.6 is 0 Å². The molecule has 0 spiro atoms. The molecule has 0 bridgehead atoms. The summed E-state index contributed by atoms with van der Waals surface area (Å²) in [6.07, 6.45) is 4.05. The summed E-state index contributed by atoms with van der Waals surface area (Å²) in [5.74, 6) is 5.28. The highest BCUT2D eigenvalue weighted by Gasteiger charge is 2.37. The Hall–Kier alpha value is -2.22. The van der Waals surface area contributed by atoms with Gasteiger partial charge in [-0.2, -0.15) is 0 Å². The first kappa shape index (κ1) is 18.2. The van der Waals surface area contributed by atoms with Gasteiger partial charge in [0.05, 0.1) is 6.10 Å². The second kappa shape index (κ2) is 7.80. The van der Waals surface area contributed by atoms with E-state index in [0.29, 0.717) is 17.5 Å². The molecule has 2 aromatic carbocycles. The van der Waals surface area contributed by atoms with Crippen LogP contribution in [0, 0.1) is 29.4 Å². The van der Waals surface area contributed by atoms with Gasteiger partial charge >= 0.3 is 0 Å². The van der Waals surface area contributed by atoms with Crippen molar-refractivity contribution in [2.45, 2.75) is 37.8 Å². The number of rotatable bonds is 3. The van der Waals surface area contributed by atoms with E-state index < -0.39 is 11.6 Å². The van der Waals surface area contributed by atoms with Crippen LogP contribution in [0.25, 0.3) is 0 Å². The Balaban J connectivity index is 1.50. The van der Waals surface area contributed by atoms with Crippen molar-refractivity contribution in [2.75, 3.05) is 13.1 Å². The Morgan fingerprint density at radius 2 is 1.44 bits per heavy atom. The number of benzene rings is 2. The number of likely N-dealkylation sites (tertiary alicyclic amines) is 1. The van der Waals surface area contributed by atoms with E-state index in [1.165, 1.54) is 30.5 Å². The monoisotopic (exact) mass is 367 g/mol. The van der Waals surface area contributed by atoms with Gasteiger partial charge in [-0.1, -0.05) is 24.0 Å². The molecule has 1 saturated heterocycles. The Morgan fingerprint density at radius 1 is 0.852 bits per heavy atom. The van der Waals surface area contributed by atoms with E-state index in [-0.39, 0.29) is 6.10 Å². The molecule has 1 N–H and O–H groups in total. The molecule has 1 unspecified atom stereocenters. The van der Waals surface area contributed by atoms with Gasteiger partial charge in [0.2, 0.25) is 0 Å². The molecule has 2 fully saturated rings. The standard InChI is InChI=1S/C23H23F2NO/c24-20-13-17(14-21(25)15-20)2-1-16-3-5-18(6-4-16)23(19-7-8-19)26-11-9-22(27)10-12-26/h3-6,13-15,19,22-23,27H,7-12H2. The quantitative estimate of drug-likeness (QED) is 0.819. The van der Waals surface area contributed by atoms with Gasteiger partial charge in [-0.3, -0.25) is 4.90 Å². The number of hydrogen-bond acceptors (Lipinski definition) is 2. The Bertz CT molecular complexity index is 836. The SMILES string of the molecule is OC1CCN(C(c2ccc(C#Cc3cc(F)cc(F)c3)cc2)C2CC2)CC1. The lowest BCUT2D eigenvalue weighted by atomic mass is 9.96. The lowest BCUT2D eigenvalue weighted by Gasteiger charge is -2.36. The van der Waals surface area contributed by atoms with Gasteiger partial charge < -0.3 is 5.11 Å². The summed E-state index contributed by atoms with van der Waals surface area (Å²) in [6.45, 7) is 1.88. The highest BCUT2D eigenvalue weighted by molar-refractivity contribution is 5.44. The van der Waals surface area contributed by atoms with Crippen molar-refractivity contribution in [1.29, 1.82) is 0 Å². The molecule has 2 aromatic rings. The molecule has 2 aliphatic rings. The van der Waals surface area contributed by atoms with E-state index in [1.807, 2.05) is 12.1 Å². The second-order valence-electron chi connectivity index (χ2n) is 7.58. The summed E-state index contributed by atoms with van der Waals surface area (Å²) in [5.41, 5.74) is 2.45. The number of aliphatic hydroxyl groups excluding tert-OH is 1. The maximum Gasteiger partial charge on any atom is 0.127 e. The van der Waals surface area contributed by atoms with Crippen molar-refractivity contribution in [2.24, 2.45) is 5.92 Å². The molecule has 1 saturated carbocycles. The van der Waals surface area contributed by atoms with Crippen LogP contribution in [-0.4, -0.2) is 29.2 Å². The number of nitrogens with zero attached hydrogens (tertiary/aromatic N) is 1.